The van der Waals surface area contributed by atoms with Crippen molar-refractivity contribution in [2.75, 3.05) is 13.1 Å². The van der Waals surface area contributed by atoms with Gasteiger partial charge in [-0.2, -0.15) is 13.2 Å². The molecule has 1 aromatic carbocycles. The largest absolute Gasteiger partial charge is 0.481 e. The zero-order chi connectivity index (χ0) is 27.6. The second-order valence-corrected chi connectivity index (χ2v) is 10.3. The summed E-state index contributed by atoms with van der Waals surface area (Å²) in [6, 6.07) is 5.77. The monoisotopic (exact) mass is 565 g/mol. The summed E-state index contributed by atoms with van der Waals surface area (Å²) < 4.78 is 36.8. The van der Waals surface area contributed by atoms with Crippen LogP contribution in [0.2, 0.25) is 0 Å². The molecular weight excluding hydrogens is 534 g/mol. The summed E-state index contributed by atoms with van der Waals surface area (Å²) >= 11 is 13.1. The van der Waals surface area contributed by atoms with E-state index in [1.165, 1.54) is 11.1 Å². The molecule has 1 unspecified atom stereocenters. The fourth-order valence-electron chi connectivity index (χ4n) is 3.81. The van der Waals surface area contributed by atoms with E-state index in [1.54, 1.807) is 0 Å². The summed E-state index contributed by atoms with van der Waals surface area (Å²) in [6.45, 7) is 3.68. The minimum Gasteiger partial charge on any atom is -0.481 e. The van der Waals surface area contributed by atoms with Gasteiger partial charge < -0.3 is 26.2 Å². The maximum atomic E-state index is 12.6. The molecule has 37 heavy (non-hydrogen) atoms. The van der Waals surface area contributed by atoms with Gasteiger partial charge in [0.05, 0.1) is 18.9 Å². The topological polar surface area (TPSA) is 111 Å². The van der Waals surface area contributed by atoms with Crippen molar-refractivity contribution in [2.24, 2.45) is 0 Å². The van der Waals surface area contributed by atoms with E-state index < -0.39 is 28.5 Å². The van der Waals surface area contributed by atoms with E-state index in [0.29, 0.717) is 6.54 Å². The Hall–Kier alpha value is -2.11. The van der Waals surface area contributed by atoms with Gasteiger partial charge in [0.2, 0.25) is 0 Å². The Morgan fingerprint density at radius 1 is 1.05 bits per heavy atom. The first-order valence-corrected chi connectivity index (χ1v) is 12.6. The van der Waals surface area contributed by atoms with Crippen molar-refractivity contribution in [3.05, 3.63) is 58.7 Å². The van der Waals surface area contributed by atoms with E-state index in [0.717, 1.165) is 44.0 Å². The summed E-state index contributed by atoms with van der Waals surface area (Å²) in [5, 5.41) is 25.2. The van der Waals surface area contributed by atoms with Crippen molar-refractivity contribution in [1.82, 2.24) is 16.0 Å². The maximum Gasteiger partial charge on any atom is 0.403 e. The van der Waals surface area contributed by atoms with Crippen LogP contribution in [0.5, 0.6) is 0 Å². The summed E-state index contributed by atoms with van der Waals surface area (Å²) in [4.78, 5) is 19.3. The minimum atomic E-state index is -4.24. The molecule has 7 nitrogen and oxygen atoms in total. The first-order valence-electron chi connectivity index (χ1n) is 11.8. The highest BCUT2D eigenvalue weighted by molar-refractivity contribution is 6.50. The van der Waals surface area contributed by atoms with Crippen molar-refractivity contribution in [2.45, 2.75) is 68.3 Å². The van der Waals surface area contributed by atoms with Crippen molar-refractivity contribution in [3.63, 3.8) is 0 Å². The third kappa shape index (κ3) is 10.6. The van der Waals surface area contributed by atoms with E-state index in [9.17, 15) is 22.8 Å². The molecule has 1 heterocycles. The first kappa shape index (κ1) is 31.1. The third-order valence-corrected chi connectivity index (χ3v) is 6.67. The van der Waals surface area contributed by atoms with E-state index in [1.807, 2.05) is 36.4 Å². The predicted octanol–water partition coefficient (Wildman–Crippen LogP) is 4.54. The maximum absolute atomic E-state index is 12.6. The van der Waals surface area contributed by atoms with Crippen molar-refractivity contribution in [3.8, 4) is 0 Å². The second-order valence-electron chi connectivity index (χ2n) is 8.87. The Labute approximate surface area is 224 Å². The smallest absolute Gasteiger partial charge is 0.403 e. The number of hydrogen-bond acceptors (Lipinski definition) is 5. The Morgan fingerprint density at radius 3 is 2.14 bits per heavy atom. The molecule has 0 spiro atoms. The minimum absolute atomic E-state index is 0.164. The van der Waals surface area contributed by atoms with Crippen LogP contribution in [-0.2, 0) is 22.7 Å². The van der Waals surface area contributed by atoms with Gasteiger partial charge in [-0.25, -0.2) is 0 Å². The Morgan fingerprint density at radius 2 is 1.59 bits per heavy atom. The fourth-order valence-corrected chi connectivity index (χ4v) is 4.35. The molecule has 1 aliphatic carbocycles. The number of carbonyl (C=O) groups is 2. The van der Waals surface area contributed by atoms with Crippen LogP contribution < -0.4 is 16.0 Å². The van der Waals surface area contributed by atoms with Crippen molar-refractivity contribution >= 4 is 35.1 Å². The van der Waals surface area contributed by atoms with Gasteiger partial charge >= 0.3 is 18.1 Å². The lowest BCUT2D eigenvalue weighted by molar-refractivity contribution is -0.151. The van der Waals surface area contributed by atoms with Gasteiger partial charge in [-0.3, -0.25) is 9.59 Å². The first-order chi connectivity index (χ1) is 17.3. The lowest BCUT2D eigenvalue weighted by Gasteiger charge is -2.35. The molecule has 1 aliphatic heterocycles. The highest BCUT2D eigenvalue weighted by Crippen LogP contribution is 2.39. The highest BCUT2D eigenvalue weighted by atomic mass is 35.5. The average Bonchev–Trinajstić information content (AvgIpc) is 3.06. The van der Waals surface area contributed by atoms with Gasteiger partial charge in [-0.1, -0.05) is 53.5 Å². The SMILES string of the molecule is CC(NCc1ccc(CN[C@@H]2C3=C(C=CC2(Cl)Cl)CCNCC3)cc1)C(F)(F)F.O=C(O)CCC(=O)O. The molecule has 0 amide bonds. The summed E-state index contributed by atoms with van der Waals surface area (Å²) in [5.41, 5.74) is 4.34. The number of hydrogen-bond donors (Lipinski definition) is 5. The number of carboxylic acids is 2. The zero-order valence-electron chi connectivity index (χ0n) is 20.4. The number of rotatable bonds is 9. The van der Waals surface area contributed by atoms with Gasteiger partial charge in [0.25, 0.3) is 0 Å². The van der Waals surface area contributed by atoms with Gasteiger partial charge in [-0.05, 0) is 61.2 Å². The van der Waals surface area contributed by atoms with Gasteiger partial charge in [0.1, 0.15) is 6.04 Å². The van der Waals surface area contributed by atoms with Gasteiger partial charge in [0.15, 0.2) is 4.33 Å². The van der Waals surface area contributed by atoms with E-state index in [2.05, 4.69) is 16.0 Å². The number of aliphatic carboxylic acids is 2. The van der Waals surface area contributed by atoms with E-state index in [-0.39, 0.29) is 25.4 Å². The van der Waals surface area contributed by atoms with Crippen LogP contribution in [0, 0.1) is 0 Å². The molecule has 3 rings (SSSR count). The Kier molecular flexibility index (Phi) is 11.9. The van der Waals surface area contributed by atoms with Gasteiger partial charge in [0, 0.05) is 13.1 Å². The number of halogens is 5. The number of benzene rings is 1. The quantitative estimate of drug-likeness (QED) is 0.279. The Balaban J connectivity index is 0.000000521. The van der Waals surface area contributed by atoms with Crippen LogP contribution in [0.25, 0.3) is 0 Å². The summed E-state index contributed by atoms with van der Waals surface area (Å²) in [7, 11) is 0. The van der Waals surface area contributed by atoms with Crippen LogP contribution >= 0.6 is 23.2 Å². The number of carboxylic acid groups (broad SMARTS) is 2. The average molecular weight is 566 g/mol. The molecule has 0 saturated carbocycles. The highest BCUT2D eigenvalue weighted by Gasteiger charge is 2.38. The van der Waals surface area contributed by atoms with Crippen molar-refractivity contribution < 1.29 is 33.0 Å². The van der Waals surface area contributed by atoms with E-state index >= 15 is 0 Å². The van der Waals surface area contributed by atoms with Crippen molar-refractivity contribution in [1.29, 1.82) is 0 Å². The fraction of sp³-hybridized carbons (Fsp3) is 0.520. The summed E-state index contributed by atoms with van der Waals surface area (Å²) in [6.07, 6.45) is 0.880. The molecule has 2 aliphatic rings. The molecule has 0 radical (unpaired) electrons. The number of nitrogens with one attached hydrogen (secondary N) is 3. The third-order valence-electron chi connectivity index (χ3n) is 5.98. The molecular formula is C25H32Cl2F3N3O4. The number of alkyl halides is 5. The van der Waals surface area contributed by atoms with Crippen LogP contribution in [0.4, 0.5) is 13.2 Å². The molecule has 0 aromatic heterocycles. The van der Waals surface area contributed by atoms with Crippen LogP contribution in [0.1, 0.15) is 43.7 Å². The molecule has 206 valence electrons. The van der Waals surface area contributed by atoms with E-state index in [4.69, 9.17) is 33.4 Å². The Bertz CT molecular complexity index is 968. The molecule has 5 N–H and O–H groups in total. The van der Waals surface area contributed by atoms with Crippen LogP contribution in [-0.4, -0.2) is 57.8 Å². The summed E-state index contributed by atoms with van der Waals surface area (Å²) in [5.74, 6) is -2.15. The van der Waals surface area contributed by atoms with Crippen LogP contribution in [0.15, 0.2) is 47.6 Å². The lowest BCUT2D eigenvalue weighted by Crippen LogP contribution is -2.45. The zero-order valence-corrected chi connectivity index (χ0v) is 21.9. The standard InChI is InChI=1S/C21H26Cl2F3N3.C4H6O4/c1-14(21(24,25)26)28-12-15-2-4-16(5-3-15)13-29-19-18-8-11-27-10-7-17(18)6-9-20(19,22)23;5-3(6)1-2-4(7)8/h2-6,9,14,19,27-29H,7-8,10-13H2,1H3;1-2H2,(H,5,6)(H,7,8)/t14?,19-;/m1./s1. The van der Waals surface area contributed by atoms with Gasteiger partial charge in [-0.15, -0.1) is 0 Å². The second kappa shape index (κ2) is 14.2. The lowest BCUT2D eigenvalue weighted by atomic mass is 9.88. The molecule has 12 heteroatoms. The normalized spacial score (nSPS) is 19.8. The number of allylic oxidation sites excluding steroid dienone is 1. The molecule has 0 fully saturated rings. The predicted molar refractivity (Wildman–Crippen MR) is 137 cm³/mol. The molecule has 2 atom stereocenters. The van der Waals surface area contributed by atoms with Crippen LogP contribution in [0.3, 0.4) is 0 Å². The molecule has 0 saturated heterocycles. The molecule has 1 aromatic rings. The molecule has 0 bridgehead atoms.